The van der Waals surface area contributed by atoms with Crippen LogP contribution in [0.25, 0.3) is 0 Å². The molecule has 0 atom stereocenters. The van der Waals surface area contributed by atoms with E-state index in [9.17, 15) is 4.79 Å². The molecule has 0 radical (unpaired) electrons. The summed E-state index contributed by atoms with van der Waals surface area (Å²) in [4.78, 5) is 16.5. The zero-order valence-corrected chi connectivity index (χ0v) is 13.7. The maximum Gasteiger partial charge on any atom is 0.255 e. The molecule has 0 saturated carbocycles. The number of amides is 1. The minimum absolute atomic E-state index is 0.126. The summed E-state index contributed by atoms with van der Waals surface area (Å²) in [7, 11) is 0. The van der Waals surface area contributed by atoms with E-state index in [1.54, 1.807) is 6.20 Å². The third-order valence-electron chi connectivity index (χ3n) is 2.99. The van der Waals surface area contributed by atoms with Crippen molar-refractivity contribution < 1.29 is 4.79 Å². The smallest absolute Gasteiger partial charge is 0.255 e. The van der Waals surface area contributed by atoms with E-state index in [1.165, 1.54) is 0 Å². The van der Waals surface area contributed by atoms with Gasteiger partial charge < -0.3 is 10.6 Å². The van der Waals surface area contributed by atoms with Crippen LogP contribution >= 0.6 is 15.9 Å². The van der Waals surface area contributed by atoms with E-state index in [0.717, 1.165) is 28.0 Å². The van der Waals surface area contributed by atoms with Crippen LogP contribution in [0.4, 0.5) is 5.69 Å². The number of aryl methyl sites for hydroxylation is 1. The normalized spacial score (nSPS) is 10.2. The zero-order chi connectivity index (χ0) is 15.2. The highest BCUT2D eigenvalue weighted by molar-refractivity contribution is 9.10. The number of hydrogen-bond acceptors (Lipinski definition) is 3. The molecule has 2 rings (SSSR count). The summed E-state index contributed by atoms with van der Waals surface area (Å²) in [6, 6.07) is 9.75. The molecule has 0 aliphatic heterocycles. The van der Waals surface area contributed by atoms with Crippen LogP contribution in [0.2, 0.25) is 0 Å². The largest absolute Gasteiger partial charge is 0.385 e. The number of rotatable bonds is 5. The number of anilines is 1. The van der Waals surface area contributed by atoms with E-state index >= 15 is 0 Å². The van der Waals surface area contributed by atoms with Crippen molar-refractivity contribution in [1.29, 1.82) is 0 Å². The van der Waals surface area contributed by atoms with Gasteiger partial charge in [0.2, 0.25) is 0 Å². The van der Waals surface area contributed by atoms with Crippen LogP contribution in [0.3, 0.4) is 0 Å². The van der Waals surface area contributed by atoms with Gasteiger partial charge in [0.25, 0.3) is 5.91 Å². The molecule has 5 heteroatoms. The summed E-state index contributed by atoms with van der Waals surface area (Å²) < 4.78 is 1.000. The molecule has 1 amide bonds. The Morgan fingerprint density at radius 3 is 2.86 bits per heavy atom. The van der Waals surface area contributed by atoms with Crippen molar-refractivity contribution in [3.8, 4) is 0 Å². The quantitative estimate of drug-likeness (QED) is 0.869. The van der Waals surface area contributed by atoms with Crippen LogP contribution in [0.5, 0.6) is 0 Å². The van der Waals surface area contributed by atoms with Crippen molar-refractivity contribution in [3.05, 3.63) is 57.8 Å². The van der Waals surface area contributed by atoms with E-state index in [-0.39, 0.29) is 5.91 Å². The van der Waals surface area contributed by atoms with Gasteiger partial charge >= 0.3 is 0 Å². The number of carbonyl (C=O) groups excluding carboxylic acids is 1. The first-order valence-corrected chi connectivity index (χ1v) is 7.62. The number of aromatic nitrogens is 1. The van der Waals surface area contributed by atoms with Crippen LogP contribution < -0.4 is 10.6 Å². The number of hydrogen-bond donors (Lipinski definition) is 2. The first-order chi connectivity index (χ1) is 10.1. The van der Waals surface area contributed by atoms with E-state index in [4.69, 9.17) is 0 Å². The fourth-order valence-electron chi connectivity index (χ4n) is 2.00. The van der Waals surface area contributed by atoms with Gasteiger partial charge in [0, 0.05) is 29.5 Å². The van der Waals surface area contributed by atoms with Crippen molar-refractivity contribution in [2.75, 3.05) is 11.9 Å². The van der Waals surface area contributed by atoms with Crippen LogP contribution in [-0.2, 0) is 6.54 Å². The first kappa shape index (κ1) is 15.5. The molecular weight excluding hydrogens is 330 g/mol. The van der Waals surface area contributed by atoms with Gasteiger partial charge in [-0.2, -0.15) is 0 Å². The predicted octanol–water partition coefficient (Wildman–Crippen LogP) is 3.51. The lowest BCUT2D eigenvalue weighted by molar-refractivity contribution is 0.0951. The second-order valence-corrected chi connectivity index (χ2v) is 5.63. The highest BCUT2D eigenvalue weighted by atomic mass is 79.9. The Morgan fingerprint density at radius 2 is 2.14 bits per heavy atom. The van der Waals surface area contributed by atoms with E-state index in [0.29, 0.717) is 12.1 Å². The predicted molar refractivity (Wildman–Crippen MR) is 88.4 cm³/mol. The van der Waals surface area contributed by atoms with E-state index in [1.807, 2.05) is 44.2 Å². The number of benzene rings is 1. The molecule has 2 aromatic rings. The number of carbonyl (C=O) groups is 1. The third-order valence-corrected chi connectivity index (χ3v) is 3.49. The van der Waals surface area contributed by atoms with Crippen molar-refractivity contribution in [1.82, 2.24) is 10.3 Å². The van der Waals surface area contributed by atoms with Crippen molar-refractivity contribution in [3.63, 3.8) is 0 Å². The third kappa shape index (κ3) is 4.29. The molecule has 0 bridgehead atoms. The number of nitrogens with zero attached hydrogens (tertiary/aromatic N) is 1. The highest BCUT2D eigenvalue weighted by Gasteiger charge is 2.11. The van der Waals surface area contributed by atoms with Gasteiger partial charge in [-0.25, -0.2) is 0 Å². The Morgan fingerprint density at radius 1 is 1.33 bits per heavy atom. The summed E-state index contributed by atoms with van der Waals surface area (Å²) in [6.45, 7) is 5.15. The molecule has 0 spiro atoms. The molecule has 110 valence electrons. The SMILES string of the molecule is CCNc1cc(C)ncc1C(=O)NCc1cccc(Br)c1. The van der Waals surface area contributed by atoms with Gasteiger partial charge in [-0.3, -0.25) is 9.78 Å². The summed E-state index contributed by atoms with van der Waals surface area (Å²) in [6.07, 6.45) is 1.61. The van der Waals surface area contributed by atoms with Gasteiger partial charge in [-0.05, 0) is 37.6 Å². The molecule has 2 N–H and O–H groups in total. The maximum absolute atomic E-state index is 12.3. The van der Waals surface area contributed by atoms with Crippen LogP contribution in [0, 0.1) is 6.92 Å². The summed E-state index contributed by atoms with van der Waals surface area (Å²) >= 11 is 3.42. The second kappa shape index (κ2) is 7.22. The zero-order valence-electron chi connectivity index (χ0n) is 12.1. The molecule has 4 nitrogen and oxygen atoms in total. The highest BCUT2D eigenvalue weighted by Crippen LogP contribution is 2.16. The summed E-state index contributed by atoms with van der Waals surface area (Å²) in [5, 5.41) is 6.12. The fourth-order valence-corrected chi connectivity index (χ4v) is 2.45. The lowest BCUT2D eigenvalue weighted by Gasteiger charge is -2.11. The lowest BCUT2D eigenvalue weighted by Crippen LogP contribution is -2.24. The minimum atomic E-state index is -0.126. The number of halogens is 1. The van der Waals surface area contributed by atoms with Gasteiger partial charge in [0.1, 0.15) is 0 Å². The van der Waals surface area contributed by atoms with E-state index in [2.05, 4.69) is 31.5 Å². The van der Waals surface area contributed by atoms with E-state index < -0.39 is 0 Å². The topological polar surface area (TPSA) is 54.0 Å². The minimum Gasteiger partial charge on any atom is -0.385 e. The molecule has 0 aliphatic rings. The van der Waals surface area contributed by atoms with Gasteiger partial charge in [-0.1, -0.05) is 28.1 Å². The average molecular weight is 348 g/mol. The standard InChI is InChI=1S/C16H18BrN3O/c1-3-18-15-7-11(2)19-10-14(15)16(21)20-9-12-5-4-6-13(17)8-12/h4-8,10H,3,9H2,1-2H3,(H,18,19)(H,20,21). The number of pyridine rings is 1. The molecule has 1 aromatic carbocycles. The van der Waals surface area contributed by atoms with Crippen molar-refractivity contribution >= 4 is 27.5 Å². The Kier molecular flexibility index (Phi) is 5.33. The first-order valence-electron chi connectivity index (χ1n) is 6.83. The van der Waals surface area contributed by atoms with Crippen LogP contribution in [-0.4, -0.2) is 17.4 Å². The Balaban J connectivity index is 2.09. The second-order valence-electron chi connectivity index (χ2n) is 4.71. The van der Waals surface area contributed by atoms with Crippen LogP contribution in [0.15, 0.2) is 41.0 Å². The van der Waals surface area contributed by atoms with Crippen molar-refractivity contribution in [2.24, 2.45) is 0 Å². The maximum atomic E-state index is 12.3. The molecule has 21 heavy (non-hydrogen) atoms. The molecular formula is C16H18BrN3O. The Hall–Kier alpha value is -1.88. The molecule has 0 aliphatic carbocycles. The molecule has 0 unspecified atom stereocenters. The Bertz CT molecular complexity index is 643. The van der Waals surface area contributed by atoms with Crippen LogP contribution in [0.1, 0.15) is 28.5 Å². The van der Waals surface area contributed by atoms with Gasteiger partial charge in [0.05, 0.1) is 11.3 Å². The summed E-state index contributed by atoms with van der Waals surface area (Å²) in [5.41, 5.74) is 3.31. The lowest BCUT2D eigenvalue weighted by atomic mass is 10.1. The average Bonchev–Trinajstić information content (AvgIpc) is 2.45. The molecule has 1 aromatic heterocycles. The fraction of sp³-hybridized carbons (Fsp3) is 0.250. The molecule has 0 fully saturated rings. The monoisotopic (exact) mass is 347 g/mol. The van der Waals surface area contributed by atoms with Gasteiger partial charge in [0.15, 0.2) is 0 Å². The summed E-state index contributed by atoms with van der Waals surface area (Å²) in [5.74, 6) is -0.126. The Labute approximate surface area is 133 Å². The van der Waals surface area contributed by atoms with Crippen molar-refractivity contribution in [2.45, 2.75) is 20.4 Å². The number of nitrogens with one attached hydrogen (secondary N) is 2. The molecule has 0 saturated heterocycles. The molecule has 1 heterocycles. The van der Waals surface area contributed by atoms with Gasteiger partial charge in [-0.15, -0.1) is 0 Å².